The van der Waals surface area contributed by atoms with Crippen LogP contribution in [0, 0.1) is 5.82 Å². The molecule has 6 rings (SSSR count). The van der Waals surface area contributed by atoms with Crippen LogP contribution in [0.1, 0.15) is 45.4 Å². The van der Waals surface area contributed by atoms with Gasteiger partial charge < -0.3 is 10.6 Å². The lowest BCUT2D eigenvalue weighted by atomic mass is 9.84. The maximum absolute atomic E-state index is 15.4. The first-order valence-corrected chi connectivity index (χ1v) is 14.4. The molecule has 3 fully saturated rings. The zero-order valence-electron chi connectivity index (χ0n) is 20.7. The van der Waals surface area contributed by atoms with Crippen LogP contribution in [0.15, 0.2) is 53.6 Å². The maximum Gasteiger partial charge on any atom is 0.243 e. The number of fused-ring (bicyclic) bond motifs is 3. The van der Waals surface area contributed by atoms with Gasteiger partial charge >= 0.3 is 0 Å². The zero-order chi connectivity index (χ0) is 25.6. The second-order valence-electron chi connectivity index (χ2n) is 10.3. The number of piperidine rings is 2. The van der Waals surface area contributed by atoms with Crippen LogP contribution < -0.4 is 21.5 Å². The SMILES string of the molecule is CC1CC(Nc2nc(NC3C[C@H]4CCC[C@@H](C3)N4S(=O)(=O)c3ccccc3)c3cccnc3c2F)NN1. The average Bonchev–Trinajstić information content (AvgIpc) is 3.31. The van der Waals surface area contributed by atoms with Gasteiger partial charge in [0.25, 0.3) is 0 Å². The summed E-state index contributed by atoms with van der Waals surface area (Å²) in [6.07, 6.45) is 6.19. The van der Waals surface area contributed by atoms with E-state index in [1.165, 1.54) is 0 Å². The van der Waals surface area contributed by atoms with Crippen LogP contribution in [0.4, 0.5) is 16.0 Å². The highest BCUT2D eigenvalue weighted by molar-refractivity contribution is 7.89. The van der Waals surface area contributed by atoms with Gasteiger partial charge in [-0.3, -0.25) is 10.4 Å². The number of nitrogens with one attached hydrogen (secondary N) is 4. The summed E-state index contributed by atoms with van der Waals surface area (Å²) in [7, 11) is -3.58. The summed E-state index contributed by atoms with van der Waals surface area (Å²) in [5.41, 5.74) is 6.50. The molecule has 3 aliphatic rings. The van der Waals surface area contributed by atoms with Crippen molar-refractivity contribution in [3.8, 4) is 0 Å². The summed E-state index contributed by atoms with van der Waals surface area (Å²) >= 11 is 0. The average molecular weight is 526 g/mol. The number of hydrazine groups is 1. The Labute approximate surface area is 216 Å². The number of rotatable bonds is 6. The first-order valence-electron chi connectivity index (χ1n) is 13.0. The van der Waals surface area contributed by atoms with Gasteiger partial charge in [-0.15, -0.1) is 0 Å². The van der Waals surface area contributed by atoms with Crippen molar-refractivity contribution in [3.63, 3.8) is 0 Å². The van der Waals surface area contributed by atoms with Gasteiger partial charge in [0.05, 0.1) is 11.1 Å². The summed E-state index contributed by atoms with van der Waals surface area (Å²) in [5, 5.41) is 7.33. The highest BCUT2D eigenvalue weighted by Gasteiger charge is 2.45. The number of nitrogens with zero attached hydrogens (tertiary/aromatic N) is 3. The van der Waals surface area contributed by atoms with Crippen LogP contribution >= 0.6 is 0 Å². The Morgan fingerprint density at radius 2 is 1.73 bits per heavy atom. The minimum absolute atomic E-state index is 0.0121. The Kier molecular flexibility index (Phi) is 6.47. The molecule has 5 heterocycles. The van der Waals surface area contributed by atoms with Crippen molar-refractivity contribution in [1.29, 1.82) is 0 Å². The molecule has 0 aliphatic carbocycles. The molecule has 0 saturated carbocycles. The smallest absolute Gasteiger partial charge is 0.243 e. The summed E-state index contributed by atoms with van der Waals surface area (Å²) in [4.78, 5) is 9.30. The van der Waals surface area contributed by atoms with Gasteiger partial charge in [0.2, 0.25) is 10.0 Å². The van der Waals surface area contributed by atoms with Gasteiger partial charge in [0, 0.05) is 35.8 Å². The normalized spacial score (nSPS) is 28.3. The summed E-state index contributed by atoms with van der Waals surface area (Å²) in [6.45, 7) is 2.05. The van der Waals surface area contributed by atoms with E-state index in [0.717, 1.165) is 25.7 Å². The van der Waals surface area contributed by atoms with Gasteiger partial charge in [0.15, 0.2) is 11.6 Å². The molecule has 9 nitrogen and oxygen atoms in total. The molecule has 196 valence electrons. The van der Waals surface area contributed by atoms with E-state index >= 15 is 4.39 Å². The van der Waals surface area contributed by atoms with Crippen molar-refractivity contribution in [3.05, 3.63) is 54.5 Å². The predicted octanol–water partition coefficient (Wildman–Crippen LogP) is 3.58. The second-order valence-corrected chi connectivity index (χ2v) is 12.2. The van der Waals surface area contributed by atoms with Gasteiger partial charge in [-0.2, -0.15) is 4.31 Å². The highest BCUT2D eigenvalue weighted by Crippen LogP contribution is 2.39. The Balaban J connectivity index is 1.27. The molecule has 3 saturated heterocycles. The van der Waals surface area contributed by atoms with Crippen molar-refractivity contribution >= 4 is 32.6 Å². The fraction of sp³-hybridized carbons (Fsp3) is 0.462. The van der Waals surface area contributed by atoms with Gasteiger partial charge in [-0.05, 0) is 63.3 Å². The van der Waals surface area contributed by atoms with Crippen LogP contribution in [0.2, 0.25) is 0 Å². The largest absolute Gasteiger partial charge is 0.367 e. The standard InChI is InChI=1S/C26H32FN7O2S/c1-16-13-22(33-32-16)30-26-23(27)24-21(11-6-12-28-24)25(31-26)29-17-14-18-7-5-8-19(15-17)34(18)37(35,36)20-9-3-2-4-10-20/h2-4,6,9-12,16-19,22,32-33H,5,7-8,13-15H2,1H3,(H2,29,30,31)/t16?,17?,18-,19+,22?. The third-order valence-corrected chi connectivity index (χ3v) is 9.69. The second kappa shape index (κ2) is 9.79. The minimum Gasteiger partial charge on any atom is -0.367 e. The number of benzene rings is 1. The van der Waals surface area contributed by atoms with E-state index in [1.54, 1.807) is 40.8 Å². The van der Waals surface area contributed by atoms with E-state index in [0.29, 0.717) is 28.9 Å². The quantitative estimate of drug-likeness (QED) is 0.387. The monoisotopic (exact) mass is 525 g/mol. The van der Waals surface area contributed by atoms with Crippen LogP contribution in [-0.2, 0) is 10.0 Å². The number of aromatic nitrogens is 2. The minimum atomic E-state index is -3.58. The molecule has 2 bridgehead atoms. The first-order chi connectivity index (χ1) is 17.9. The molecule has 5 atom stereocenters. The van der Waals surface area contributed by atoms with E-state index in [2.05, 4.69) is 38.4 Å². The molecule has 0 radical (unpaired) electrons. The topological polar surface area (TPSA) is 111 Å². The molecule has 4 N–H and O–H groups in total. The molecular formula is C26H32FN7O2S. The number of halogens is 1. The lowest BCUT2D eigenvalue weighted by Crippen LogP contribution is -2.56. The summed E-state index contributed by atoms with van der Waals surface area (Å²) in [5.74, 6) is 0.225. The van der Waals surface area contributed by atoms with E-state index in [-0.39, 0.29) is 41.7 Å². The molecular weight excluding hydrogens is 493 g/mol. The van der Waals surface area contributed by atoms with E-state index in [9.17, 15) is 8.42 Å². The van der Waals surface area contributed by atoms with Gasteiger partial charge in [-0.1, -0.05) is 24.6 Å². The highest BCUT2D eigenvalue weighted by atomic mass is 32.2. The summed E-state index contributed by atoms with van der Waals surface area (Å²) in [6, 6.07) is 12.4. The Bertz CT molecular complexity index is 1380. The van der Waals surface area contributed by atoms with Crippen LogP contribution in [0.25, 0.3) is 10.9 Å². The van der Waals surface area contributed by atoms with E-state index in [1.807, 2.05) is 12.1 Å². The Hall–Kier alpha value is -2.86. The van der Waals surface area contributed by atoms with E-state index < -0.39 is 15.8 Å². The third-order valence-electron chi connectivity index (χ3n) is 7.67. The number of hydrogen-bond donors (Lipinski definition) is 4. The fourth-order valence-electron chi connectivity index (χ4n) is 6.04. The Morgan fingerprint density at radius 3 is 2.43 bits per heavy atom. The van der Waals surface area contributed by atoms with Crippen LogP contribution in [-0.4, -0.2) is 53.0 Å². The zero-order valence-corrected chi connectivity index (χ0v) is 21.5. The first kappa shape index (κ1) is 24.5. The van der Waals surface area contributed by atoms with Crippen LogP contribution in [0.3, 0.4) is 0 Å². The van der Waals surface area contributed by atoms with Crippen molar-refractivity contribution in [2.24, 2.45) is 0 Å². The van der Waals surface area contributed by atoms with Gasteiger partial charge in [0.1, 0.15) is 11.3 Å². The number of anilines is 2. The van der Waals surface area contributed by atoms with Crippen molar-refractivity contribution < 1.29 is 12.8 Å². The Morgan fingerprint density at radius 1 is 0.973 bits per heavy atom. The van der Waals surface area contributed by atoms with Crippen LogP contribution in [0.5, 0.6) is 0 Å². The lowest BCUT2D eigenvalue weighted by Gasteiger charge is -2.47. The predicted molar refractivity (Wildman–Crippen MR) is 141 cm³/mol. The molecule has 3 aliphatic heterocycles. The maximum atomic E-state index is 15.4. The molecule has 3 aromatic rings. The molecule has 2 aromatic heterocycles. The van der Waals surface area contributed by atoms with Crippen molar-refractivity contribution in [2.45, 2.75) is 80.7 Å². The molecule has 3 unspecified atom stereocenters. The molecule has 11 heteroatoms. The molecule has 1 aromatic carbocycles. The van der Waals surface area contributed by atoms with Crippen molar-refractivity contribution in [1.82, 2.24) is 25.1 Å². The van der Waals surface area contributed by atoms with Crippen molar-refractivity contribution in [2.75, 3.05) is 10.6 Å². The number of sulfonamides is 1. The molecule has 37 heavy (non-hydrogen) atoms. The lowest BCUT2D eigenvalue weighted by molar-refractivity contribution is 0.116. The molecule has 0 spiro atoms. The van der Waals surface area contributed by atoms with Gasteiger partial charge in [-0.25, -0.2) is 23.2 Å². The fourth-order valence-corrected chi connectivity index (χ4v) is 7.95. The number of hydrogen-bond acceptors (Lipinski definition) is 8. The molecule has 0 amide bonds. The van der Waals surface area contributed by atoms with E-state index in [4.69, 9.17) is 0 Å². The number of pyridine rings is 2. The summed E-state index contributed by atoms with van der Waals surface area (Å²) < 4.78 is 44.2. The third kappa shape index (κ3) is 4.65.